The highest BCUT2D eigenvalue weighted by molar-refractivity contribution is 7.05. The SMILES string of the molecule is COCB(N)Cl. The molecule has 0 aromatic carbocycles. The first-order valence-electron chi connectivity index (χ1n) is 1.66. The molecule has 0 rings (SSSR count). The molecule has 36 valence electrons. The molecule has 0 amide bonds. The zero-order chi connectivity index (χ0) is 4.99. The molecule has 0 aliphatic rings. The van der Waals surface area contributed by atoms with Gasteiger partial charge in [-0.25, -0.2) is 0 Å². The van der Waals surface area contributed by atoms with Gasteiger partial charge >= 0.3 is 6.26 Å². The summed E-state index contributed by atoms with van der Waals surface area (Å²) < 4.78 is 4.55. The zero-order valence-corrected chi connectivity index (χ0v) is 4.40. The van der Waals surface area contributed by atoms with Crippen LogP contribution in [0.15, 0.2) is 0 Å². The smallest absolute Gasteiger partial charge is 0.352 e. The average molecular weight is 107 g/mol. The monoisotopic (exact) mass is 107 g/mol. The predicted octanol–water partition coefficient (Wildman–Crippen LogP) is -0.142. The van der Waals surface area contributed by atoms with Crippen molar-refractivity contribution in [3.8, 4) is 0 Å². The van der Waals surface area contributed by atoms with Crippen LogP contribution in [0, 0.1) is 0 Å². The van der Waals surface area contributed by atoms with Crippen molar-refractivity contribution in [2.24, 2.45) is 5.64 Å². The summed E-state index contributed by atoms with van der Waals surface area (Å²) in [4.78, 5) is 0. The third-order valence-corrected chi connectivity index (χ3v) is 0.452. The van der Waals surface area contributed by atoms with Crippen molar-refractivity contribution >= 4 is 17.7 Å². The fourth-order valence-corrected chi connectivity index (χ4v) is 0.285. The Morgan fingerprint density at radius 1 is 2.00 bits per heavy atom. The van der Waals surface area contributed by atoms with E-state index in [1.807, 2.05) is 0 Å². The van der Waals surface area contributed by atoms with Gasteiger partial charge in [-0.1, -0.05) is 0 Å². The first-order valence-corrected chi connectivity index (χ1v) is 2.09. The van der Waals surface area contributed by atoms with E-state index in [-0.39, 0.29) is 6.26 Å². The zero-order valence-electron chi connectivity index (χ0n) is 3.65. The lowest BCUT2D eigenvalue weighted by molar-refractivity contribution is 0.250. The summed E-state index contributed by atoms with van der Waals surface area (Å²) in [5.41, 5.74) is 5.04. The fourth-order valence-electron chi connectivity index (χ4n) is 0.159. The first-order chi connectivity index (χ1) is 2.77. The Labute approximate surface area is 42.6 Å². The summed E-state index contributed by atoms with van der Waals surface area (Å²) in [6.07, 6.45) is -0.352. The molecule has 0 aromatic rings. The van der Waals surface area contributed by atoms with Gasteiger partial charge < -0.3 is 10.4 Å². The van der Waals surface area contributed by atoms with Gasteiger partial charge in [0, 0.05) is 7.11 Å². The van der Waals surface area contributed by atoms with Crippen molar-refractivity contribution in [3.63, 3.8) is 0 Å². The Hall–Kier alpha value is 0.275. The lowest BCUT2D eigenvalue weighted by Crippen LogP contribution is -2.24. The molecule has 0 saturated heterocycles. The van der Waals surface area contributed by atoms with E-state index < -0.39 is 0 Å². The normalized spacial score (nSPS) is 8.50. The van der Waals surface area contributed by atoms with Gasteiger partial charge in [0.25, 0.3) is 0 Å². The van der Waals surface area contributed by atoms with Crippen molar-refractivity contribution in [1.82, 2.24) is 0 Å². The van der Waals surface area contributed by atoms with Gasteiger partial charge in [-0.2, -0.15) is 11.5 Å². The fraction of sp³-hybridized carbons (Fsp3) is 1.00. The van der Waals surface area contributed by atoms with E-state index in [1.54, 1.807) is 7.11 Å². The molecule has 0 atom stereocenters. The van der Waals surface area contributed by atoms with E-state index >= 15 is 0 Å². The highest BCUT2D eigenvalue weighted by Gasteiger charge is 1.98. The number of hydrogen-bond donors (Lipinski definition) is 1. The van der Waals surface area contributed by atoms with Crippen molar-refractivity contribution < 1.29 is 4.74 Å². The van der Waals surface area contributed by atoms with E-state index in [9.17, 15) is 0 Å². The molecule has 0 unspecified atom stereocenters. The number of halogens is 1. The molecule has 0 aliphatic heterocycles. The largest absolute Gasteiger partial charge is 0.390 e. The molecule has 0 spiro atoms. The van der Waals surface area contributed by atoms with E-state index in [0.29, 0.717) is 6.51 Å². The van der Waals surface area contributed by atoms with Crippen molar-refractivity contribution in [1.29, 1.82) is 0 Å². The van der Waals surface area contributed by atoms with Crippen LogP contribution < -0.4 is 5.64 Å². The van der Waals surface area contributed by atoms with Gasteiger partial charge in [0.2, 0.25) is 0 Å². The summed E-state index contributed by atoms with van der Waals surface area (Å²) in [5, 5.41) is 0. The molecule has 0 bridgehead atoms. The minimum Gasteiger partial charge on any atom is -0.390 e. The predicted molar refractivity (Wildman–Crippen MR) is 27.7 cm³/mol. The van der Waals surface area contributed by atoms with E-state index in [0.717, 1.165) is 0 Å². The van der Waals surface area contributed by atoms with Crippen molar-refractivity contribution in [2.45, 2.75) is 0 Å². The summed E-state index contributed by atoms with van der Waals surface area (Å²) in [5.74, 6) is 0. The second kappa shape index (κ2) is 3.46. The van der Waals surface area contributed by atoms with Crippen LogP contribution in [0.25, 0.3) is 0 Å². The van der Waals surface area contributed by atoms with Crippen LogP contribution in [-0.2, 0) is 4.74 Å². The topological polar surface area (TPSA) is 35.2 Å². The molecular formula is C2H7BClNO. The number of methoxy groups -OCH3 is 1. The van der Waals surface area contributed by atoms with Gasteiger partial charge in [0.15, 0.2) is 0 Å². The summed E-state index contributed by atoms with van der Waals surface area (Å²) in [6, 6.07) is 0. The van der Waals surface area contributed by atoms with Crippen LogP contribution in [0.2, 0.25) is 0 Å². The third kappa shape index (κ3) is 4.27. The summed E-state index contributed by atoms with van der Waals surface area (Å²) in [6.45, 7) is 0.418. The van der Waals surface area contributed by atoms with Gasteiger partial charge in [-0.15, -0.1) is 0 Å². The maximum atomic E-state index is 5.23. The number of hydrogen-bond acceptors (Lipinski definition) is 2. The van der Waals surface area contributed by atoms with Gasteiger partial charge in [0.1, 0.15) is 0 Å². The van der Waals surface area contributed by atoms with Crippen molar-refractivity contribution in [2.75, 3.05) is 13.6 Å². The summed E-state index contributed by atoms with van der Waals surface area (Å²) in [7, 11) is 1.56. The number of ether oxygens (including phenoxy) is 1. The van der Waals surface area contributed by atoms with Crippen LogP contribution in [0.1, 0.15) is 0 Å². The maximum Gasteiger partial charge on any atom is 0.352 e. The van der Waals surface area contributed by atoms with E-state index in [4.69, 9.17) is 17.1 Å². The van der Waals surface area contributed by atoms with E-state index in [1.165, 1.54) is 0 Å². The van der Waals surface area contributed by atoms with Crippen molar-refractivity contribution in [3.05, 3.63) is 0 Å². The van der Waals surface area contributed by atoms with Gasteiger partial charge in [0.05, 0.1) is 6.51 Å². The van der Waals surface area contributed by atoms with Crippen LogP contribution in [0.4, 0.5) is 0 Å². The third-order valence-electron chi connectivity index (χ3n) is 0.326. The van der Waals surface area contributed by atoms with Gasteiger partial charge in [-0.3, -0.25) is 0 Å². The first kappa shape index (κ1) is 6.27. The van der Waals surface area contributed by atoms with E-state index in [2.05, 4.69) is 4.74 Å². The minimum absolute atomic E-state index is 0.352. The molecule has 2 N–H and O–H groups in total. The highest BCUT2D eigenvalue weighted by Crippen LogP contribution is 1.76. The molecular weight excluding hydrogens is 100 g/mol. The Balaban J connectivity index is 2.63. The second-order valence-electron chi connectivity index (χ2n) is 0.971. The molecule has 0 fully saturated rings. The van der Waals surface area contributed by atoms with Gasteiger partial charge in [-0.05, 0) is 0 Å². The molecule has 4 heteroatoms. The highest BCUT2D eigenvalue weighted by atomic mass is 35.5. The molecule has 0 radical (unpaired) electrons. The number of rotatable bonds is 2. The average Bonchev–Trinajstić information content (AvgIpc) is 1.35. The molecule has 0 heterocycles. The van der Waals surface area contributed by atoms with Crippen LogP contribution in [0.3, 0.4) is 0 Å². The molecule has 0 saturated carbocycles. The summed E-state index contributed by atoms with van der Waals surface area (Å²) >= 11 is 5.23. The maximum absolute atomic E-state index is 5.23. The minimum atomic E-state index is -0.352. The Bertz CT molecular complexity index is 34.7. The number of nitrogens with two attached hydrogens (primary N) is 1. The van der Waals surface area contributed by atoms with Crippen LogP contribution in [-0.4, -0.2) is 19.9 Å². The second-order valence-corrected chi connectivity index (χ2v) is 1.53. The Morgan fingerprint density at radius 3 is 2.50 bits per heavy atom. The quantitative estimate of drug-likeness (QED) is 0.499. The Morgan fingerprint density at radius 2 is 2.50 bits per heavy atom. The molecule has 2 nitrogen and oxygen atoms in total. The Kier molecular flexibility index (Phi) is 3.62. The lowest BCUT2D eigenvalue weighted by atomic mass is 9.98. The lowest BCUT2D eigenvalue weighted by Gasteiger charge is -1.91. The molecule has 0 aliphatic carbocycles. The van der Waals surface area contributed by atoms with Crippen LogP contribution >= 0.6 is 11.5 Å². The molecule has 0 aromatic heterocycles. The van der Waals surface area contributed by atoms with Crippen LogP contribution in [0.5, 0.6) is 0 Å². The molecule has 6 heavy (non-hydrogen) atoms. The standard InChI is InChI=1S/C2H7BClNO/c1-6-2-3(4)5/h2,5H2,1H3.